The Morgan fingerprint density at radius 1 is 1.28 bits per heavy atom. The van der Waals surface area contributed by atoms with E-state index in [0.29, 0.717) is 11.0 Å². The lowest BCUT2D eigenvalue weighted by Crippen LogP contribution is -2.37. The number of rotatable bonds is 9. The van der Waals surface area contributed by atoms with Crippen molar-refractivity contribution in [3.8, 4) is 11.3 Å². The average molecular weight is 532 g/mol. The zero-order valence-corrected chi connectivity index (χ0v) is 21.8. The summed E-state index contributed by atoms with van der Waals surface area (Å²) in [5, 5.41) is 7.48. The molecule has 0 aliphatic carbocycles. The number of thiazole rings is 1. The van der Waals surface area contributed by atoms with Crippen LogP contribution in [0.1, 0.15) is 23.2 Å². The van der Waals surface area contributed by atoms with Gasteiger partial charge in [0.15, 0.2) is 5.13 Å². The topological polar surface area (TPSA) is 123 Å². The van der Waals surface area contributed by atoms with Crippen LogP contribution in [0.25, 0.3) is 11.3 Å². The first-order valence-corrected chi connectivity index (χ1v) is 14.2. The summed E-state index contributed by atoms with van der Waals surface area (Å²) in [6.45, 7) is 2.46. The summed E-state index contributed by atoms with van der Waals surface area (Å²) in [5.41, 5.74) is 3.00. The normalized spacial score (nSPS) is 16.1. The third-order valence-corrected chi connectivity index (χ3v) is 7.65. The van der Waals surface area contributed by atoms with Crippen molar-refractivity contribution in [2.24, 2.45) is 5.92 Å². The number of hydrogen-bond donors (Lipinski definition) is 2. The molecule has 0 bridgehead atoms. The van der Waals surface area contributed by atoms with Gasteiger partial charge in [0.1, 0.15) is 0 Å². The fraction of sp³-hybridized carbons (Fsp3) is 0.375. The van der Waals surface area contributed by atoms with Gasteiger partial charge in [0.2, 0.25) is 15.9 Å². The van der Waals surface area contributed by atoms with E-state index in [1.165, 1.54) is 36.2 Å². The van der Waals surface area contributed by atoms with Crippen molar-refractivity contribution in [3.05, 3.63) is 53.7 Å². The average Bonchev–Trinajstić information content (AvgIpc) is 3.53. The van der Waals surface area contributed by atoms with Crippen LogP contribution in [0.2, 0.25) is 0 Å². The molecule has 4 rings (SSSR count). The summed E-state index contributed by atoms with van der Waals surface area (Å²) in [4.78, 5) is 31.5. The molecule has 0 spiro atoms. The number of aromatic nitrogens is 2. The highest BCUT2D eigenvalue weighted by Crippen LogP contribution is 2.30. The van der Waals surface area contributed by atoms with Gasteiger partial charge in [-0.05, 0) is 37.0 Å². The summed E-state index contributed by atoms with van der Waals surface area (Å²) < 4.78 is 29.4. The van der Waals surface area contributed by atoms with Gasteiger partial charge in [-0.1, -0.05) is 12.1 Å². The van der Waals surface area contributed by atoms with Crippen LogP contribution in [0.5, 0.6) is 0 Å². The minimum Gasteiger partial charge on any atom is -0.384 e. The Morgan fingerprint density at radius 2 is 2.11 bits per heavy atom. The molecule has 1 aliphatic heterocycles. The number of methoxy groups -OCH3 is 1. The monoisotopic (exact) mass is 531 g/mol. The Bertz CT molecular complexity index is 1330. The number of piperidine rings is 1. The van der Waals surface area contributed by atoms with Crippen molar-refractivity contribution in [2.45, 2.75) is 12.8 Å². The highest BCUT2D eigenvalue weighted by atomic mass is 32.2. The molecular formula is C24H29N5O5S2. The number of anilines is 2. The molecule has 1 aliphatic rings. The third-order valence-electron chi connectivity index (χ3n) is 5.90. The maximum atomic E-state index is 12.3. The first kappa shape index (κ1) is 25.9. The molecule has 2 N–H and O–H groups in total. The lowest BCUT2D eigenvalue weighted by Gasteiger charge is -2.34. The van der Waals surface area contributed by atoms with Gasteiger partial charge in [-0.15, -0.1) is 11.3 Å². The van der Waals surface area contributed by atoms with Crippen LogP contribution in [0.4, 0.5) is 10.8 Å². The molecular weight excluding hydrogens is 502 g/mol. The Hall–Kier alpha value is -3.22. The predicted molar refractivity (Wildman–Crippen MR) is 140 cm³/mol. The molecule has 192 valence electrons. The highest BCUT2D eigenvalue weighted by molar-refractivity contribution is 7.89. The number of nitrogens with one attached hydrogen (secondary N) is 2. The minimum atomic E-state index is -3.48. The molecule has 3 aromatic rings. The Balaban J connectivity index is 1.33. The van der Waals surface area contributed by atoms with Crippen LogP contribution < -0.4 is 15.5 Å². The predicted octanol–water partition coefficient (Wildman–Crippen LogP) is 2.65. The van der Waals surface area contributed by atoms with Crippen molar-refractivity contribution in [1.82, 2.24) is 14.3 Å². The van der Waals surface area contributed by atoms with Gasteiger partial charge in [-0.3, -0.25) is 13.6 Å². The minimum absolute atomic E-state index is 0.145. The van der Waals surface area contributed by atoms with Crippen LogP contribution in [-0.2, 0) is 19.6 Å². The third kappa shape index (κ3) is 6.50. The largest absolute Gasteiger partial charge is 0.384 e. The molecule has 2 amide bonds. The fourth-order valence-electron chi connectivity index (χ4n) is 4.14. The number of carbonyl (C=O) groups excluding carboxylic acids is 2. The lowest BCUT2D eigenvalue weighted by atomic mass is 9.98. The number of nitrogens with zero attached hydrogens (tertiary/aromatic N) is 3. The molecule has 0 radical (unpaired) electrons. The van der Waals surface area contributed by atoms with E-state index in [2.05, 4.69) is 32.7 Å². The number of carbonyl (C=O) groups is 2. The maximum Gasteiger partial charge on any atom is 0.253 e. The molecule has 2 aromatic heterocycles. The van der Waals surface area contributed by atoms with Gasteiger partial charge in [-0.2, -0.15) is 0 Å². The van der Waals surface area contributed by atoms with E-state index in [9.17, 15) is 18.0 Å². The van der Waals surface area contributed by atoms with E-state index >= 15 is 0 Å². The molecule has 10 nitrogen and oxygen atoms in total. The standard InChI is InChI=1S/C24H29N5O5S2/c1-34-15-17-5-4-9-28(13-17)20-7-3-6-18(11-20)21-16-35-24(26-21)27-22(30)12-25-23(31)19-8-10-29(14-19)36(2,32)33/h3,6-8,10-11,14,16-17H,4-5,9,12-13,15H2,1-2H3,(H,25,31)(H,26,27,30). The quantitative estimate of drug-likeness (QED) is 0.435. The molecule has 3 heterocycles. The Kier molecular flexibility index (Phi) is 8.07. The number of hydrogen-bond acceptors (Lipinski definition) is 8. The molecule has 1 aromatic carbocycles. The maximum absolute atomic E-state index is 12.3. The number of amides is 2. The summed E-state index contributed by atoms with van der Waals surface area (Å²) in [5.74, 6) is -0.457. The molecule has 1 unspecified atom stereocenters. The lowest BCUT2D eigenvalue weighted by molar-refractivity contribution is -0.115. The van der Waals surface area contributed by atoms with Crippen molar-refractivity contribution in [1.29, 1.82) is 0 Å². The van der Waals surface area contributed by atoms with Gasteiger partial charge in [0.25, 0.3) is 5.91 Å². The van der Waals surface area contributed by atoms with Crippen molar-refractivity contribution >= 4 is 44.0 Å². The van der Waals surface area contributed by atoms with Crippen molar-refractivity contribution in [3.63, 3.8) is 0 Å². The zero-order chi connectivity index (χ0) is 25.7. The molecule has 0 saturated carbocycles. The van der Waals surface area contributed by atoms with E-state index in [0.717, 1.165) is 53.3 Å². The SMILES string of the molecule is COCC1CCCN(c2cccc(-c3csc(NC(=O)CNC(=O)c4ccn(S(C)(=O)=O)c4)n3)c2)C1. The smallest absolute Gasteiger partial charge is 0.253 e. The molecule has 1 fully saturated rings. The molecule has 36 heavy (non-hydrogen) atoms. The van der Waals surface area contributed by atoms with E-state index in [4.69, 9.17) is 4.74 Å². The Morgan fingerprint density at radius 3 is 2.86 bits per heavy atom. The van der Waals surface area contributed by atoms with Gasteiger partial charge in [0, 0.05) is 49.2 Å². The van der Waals surface area contributed by atoms with E-state index in [-0.39, 0.29) is 12.1 Å². The van der Waals surface area contributed by atoms with E-state index in [1.54, 1.807) is 7.11 Å². The second-order valence-corrected chi connectivity index (χ2v) is 11.5. The van der Waals surface area contributed by atoms with E-state index < -0.39 is 21.8 Å². The summed E-state index contributed by atoms with van der Waals surface area (Å²) in [6, 6.07) is 9.58. The second-order valence-electron chi connectivity index (χ2n) is 8.72. The number of ether oxygens (including phenoxy) is 1. The van der Waals surface area contributed by atoms with Crippen LogP contribution in [0, 0.1) is 5.92 Å². The fourth-order valence-corrected chi connectivity index (χ4v) is 5.46. The molecule has 1 saturated heterocycles. The van der Waals surface area contributed by atoms with Crippen LogP contribution in [0.15, 0.2) is 48.1 Å². The molecule has 12 heteroatoms. The van der Waals surface area contributed by atoms with Gasteiger partial charge < -0.3 is 20.3 Å². The van der Waals surface area contributed by atoms with Crippen molar-refractivity contribution in [2.75, 3.05) is 49.8 Å². The molecule has 1 atom stereocenters. The van der Waals surface area contributed by atoms with Gasteiger partial charge in [0.05, 0.1) is 30.7 Å². The number of benzene rings is 1. The summed E-state index contributed by atoms with van der Waals surface area (Å²) in [6.07, 6.45) is 5.82. The van der Waals surface area contributed by atoms with Crippen LogP contribution >= 0.6 is 11.3 Å². The van der Waals surface area contributed by atoms with Crippen LogP contribution in [-0.4, -0.2) is 68.8 Å². The first-order valence-electron chi connectivity index (χ1n) is 11.5. The van der Waals surface area contributed by atoms with Gasteiger partial charge in [-0.25, -0.2) is 13.4 Å². The zero-order valence-electron chi connectivity index (χ0n) is 20.1. The van der Waals surface area contributed by atoms with Gasteiger partial charge >= 0.3 is 0 Å². The summed E-state index contributed by atoms with van der Waals surface area (Å²) >= 11 is 1.30. The summed E-state index contributed by atoms with van der Waals surface area (Å²) in [7, 11) is -1.74. The highest BCUT2D eigenvalue weighted by Gasteiger charge is 2.20. The van der Waals surface area contributed by atoms with Crippen molar-refractivity contribution < 1.29 is 22.7 Å². The van der Waals surface area contributed by atoms with E-state index in [1.807, 2.05) is 17.5 Å². The van der Waals surface area contributed by atoms with Crippen LogP contribution in [0.3, 0.4) is 0 Å². The second kappa shape index (κ2) is 11.2. The Labute approximate surface area is 214 Å². The first-order chi connectivity index (χ1) is 17.2.